The first-order valence-corrected chi connectivity index (χ1v) is 8.56. The molecule has 0 atom stereocenters. The number of likely N-dealkylation sites (tertiary alicyclic amines) is 1. The number of carbonyl (C=O) groups is 1. The van der Waals surface area contributed by atoms with E-state index < -0.39 is 0 Å². The smallest absolute Gasteiger partial charge is 0.183 e. The van der Waals surface area contributed by atoms with Crippen molar-refractivity contribution in [1.82, 2.24) is 4.90 Å². The highest BCUT2D eigenvalue weighted by molar-refractivity contribution is 6.03. The van der Waals surface area contributed by atoms with Crippen LogP contribution in [0, 0.1) is 0 Å². The molecule has 0 spiro atoms. The number of Topliss-reactive ketones (excluding diaryl/α,β-unsaturated/α-hetero) is 1. The maximum absolute atomic E-state index is 13.2. The standard InChI is InChI=1S/C19H29NO/c1-4-10-16-11-9-12-17(15-16)18(21)19(5-2,6-3)20-13-7-8-14-20/h9,11-12,15H,4-8,10,13-14H2,1-3H3. The topological polar surface area (TPSA) is 20.3 Å². The predicted octanol–water partition coefficient (Wildman–Crippen LogP) is 4.48. The van der Waals surface area contributed by atoms with E-state index in [1.807, 2.05) is 12.1 Å². The fourth-order valence-corrected chi connectivity index (χ4v) is 3.73. The Hall–Kier alpha value is -1.15. The first kappa shape index (κ1) is 16.2. The molecule has 1 saturated heterocycles. The average Bonchev–Trinajstić information content (AvgIpc) is 3.04. The number of nitrogens with zero attached hydrogens (tertiary/aromatic N) is 1. The lowest BCUT2D eigenvalue weighted by Crippen LogP contribution is -2.52. The molecule has 21 heavy (non-hydrogen) atoms. The van der Waals surface area contributed by atoms with Gasteiger partial charge in [-0.15, -0.1) is 0 Å². The van der Waals surface area contributed by atoms with Crippen molar-refractivity contribution in [2.75, 3.05) is 13.1 Å². The highest BCUT2D eigenvalue weighted by atomic mass is 16.1. The van der Waals surface area contributed by atoms with Crippen LogP contribution in [-0.4, -0.2) is 29.3 Å². The summed E-state index contributed by atoms with van der Waals surface area (Å²) in [5.74, 6) is 0.326. The molecule has 0 N–H and O–H groups in total. The van der Waals surface area contributed by atoms with Gasteiger partial charge in [0.2, 0.25) is 0 Å². The molecule has 2 rings (SSSR count). The molecular formula is C19H29NO. The van der Waals surface area contributed by atoms with Crippen molar-refractivity contribution in [2.24, 2.45) is 0 Å². The minimum Gasteiger partial charge on any atom is -0.292 e. The molecule has 0 aliphatic carbocycles. The van der Waals surface area contributed by atoms with Crippen molar-refractivity contribution in [3.8, 4) is 0 Å². The summed E-state index contributed by atoms with van der Waals surface area (Å²) in [5.41, 5.74) is 1.89. The third-order valence-corrected chi connectivity index (χ3v) is 5.03. The number of ketones is 1. The molecule has 1 fully saturated rings. The zero-order chi connectivity index (χ0) is 15.3. The summed E-state index contributed by atoms with van der Waals surface area (Å²) in [6.45, 7) is 8.65. The van der Waals surface area contributed by atoms with Crippen molar-refractivity contribution < 1.29 is 4.79 Å². The van der Waals surface area contributed by atoms with Gasteiger partial charge in [-0.05, 0) is 56.8 Å². The van der Waals surface area contributed by atoms with Crippen LogP contribution in [0.3, 0.4) is 0 Å². The molecule has 1 heterocycles. The fraction of sp³-hybridized carbons (Fsp3) is 0.632. The first-order valence-electron chi connectivity index (χ1n) is 8.56. The van der Waals surface area contributed by atoms with E-state index in [0.717, 1.165) is 44.3 Å². The van der Waals surface area contributed by atoms with Gasteiger partial charge in [-0.25, -0.2) is 0 Å². The molecule has 0 bridgehead atoms. The van der Waals surface area contributed by atoms with Crippen LogP contribution in [-0.2, 0) is 6.42 Å². The van der Waals surface area contributed by atoms with Crippen molar-refractivity contribution in [3.05, 3.63) is 35.4 Å². The Labute approximate surface area is 129 Å². The van der Waals surface area contributed by atoms with Crippen LogP contribution in [0.1, 0.15) is 68.8 Å². The van der Waals surface area contributed by atoms with Crippen LogP contribution in [0.15, 0.2) is 24.3 Å². The van der Waals surface area contributed by atoms with Gasteiger partial charge in [0.25, 0.3) is 0 Å². The molecule has 2 nitrogen and oxygen atoms in total. The van der Waals surface area contributed by atoms with Crippen LogP contribution in [0.5, 0.6) is 0 Å². The summed E-state index contributed by atoms with van der Waals surface area (Å²) in [4.78, 5) is 15.7. The summed E-state index contributed by atoms with van der Waals surface area (Å²) in [5, 5.41) is 0. The van der Waals surface area contributed by atoms with E-state index in [1.54, 1.807) is 0 Å². The summed E-state index contributed by atoms with van der Waals surface area (Å²) in [6, 6.07) is 8.29. The molecule has 0 unspecified atom stereocenters. The van der Waals surface area contributed by atoms with Gasteiger partial charge in [-0.1, -0.05) is 45.4 Å². The zero-order valence-electron chi connectivity index (χ0n) is 13.8. The second-order valence-electron chi connectivity index (χ2n) is 6.21. The number of rotatable bonds is 7. The van der Waals surface area contributed by atoms with E-state index in [4.69, 9.17) is 0 Å². The van der Waals surface area contributed by atoms with E-state index in [-0.39, 0.29) is 5.54 Å². The summed E-state index contributed by atoms with van der Waals surface area (Å²) in [6.07, 6.45) is 6.43. The minimum absolute atomic E-state index is 0.290. The van der Waals surface area contributed by atoms with Gasteiger partial charge < -0.3 is 0 Å². The highest BCUT2D eigenvalue weighted by Gasteiger charge is 2.41. The third kappa shape index (κ3) is 3.21. The molecule has 0 saturated carbocycles. The van der Waals surface area contributed by atoms with Gasteiger partial charge in [-0.3, -0.25) is 9.69 Å². The Kier molecular flexibility index (Phi) is 5.58. The lowest BCUT2D eigenvalue weighted by Gasteiger charge is -2.39. The number of carbonyl (C=O) groups excluding carboxylic acids is 1. The van der Waals surface area contributed by atoms with E-state index in [2.05, 4.69) is 37.8 Å². The van der Waals surface area contributed by atoms with E-state index >= 15 is 0 Å². The second kappa shape index (κ2) is 7.22. The van der Waals surface area contributed by atoms with Gasteiger partial charge in [0.1, 0.15) is 0 Å². The van der Waals surface area contributed by atoms with Crippen LogP contribution in [0.4, 0.5) is 0 Å². The van der Waals surface area contributed by atoms with Gasteiger partial charge in [0.05, 0.1) is 5.54 Å². The Morgan fingerprint density at radius 3 is 2.38 bits per heavy atom. The molecule has 2 heteroatoms. The normalized spacial score (nSPS) is 16.3. The molecular weight excluding hydrogens is 258 g/mol. The maximum Gasteiger partial charge on any atom is 0.183 e. The molecule has 0 radical (unpaired) electrons. The Morgan fingerprint density at radius 2 is 1.81 bits per heavy atom. The molecule has 1 aromatic rings. The van der Waals surface area contributed by atoms with E-state index in [1.165, 1.54) is 18.4 Å². The molecule has 1 aromatic carbocycles. The second-order valence-corrected chi connectivity index (χ2v) is 6.21. The van der Waals surface area contributed by atoms with Crippen molar-refractivity contribution in [3.63, 3.8) is 0 Å². The predicted molar refractivity (Wildman–Crippen MR) is 88.9 cm³/mol. The SMILES string of the molecule is CCCc1cccc(C(=O)C(CC)(CC)N2CCCC2)c1. The Bertz CT molecular complexity index is 470. The summed E-state index contributed by atoms with van der Waals surface area (Å²) in [7, 11) is 0. The Balaban J connectivity index is 2.31. The lowest BCUT2D eigenvalue weighted by atomic mass is 9.82. The largest absolute Gasteiger partial charge is 0.292 e. The molecule has 116 valence electrons. The molecule has 1 aliphatic heterocycles. The van der Waals surface area contributed by atoms with Gasteiger partial charge in [0, 0.05) is 5.56 Å². The number of benzene rings is 1. The van der Waals surface area contributed by atoms with Crippen LogP contribution >= 0.6 is 0 Å². The lowest BCUT2D eigenvalue weighted by molar-refractivity contribution is 0.0581. The van der Waals surface area contributed by atoms with E-state index in [9.17, 15) is 4.79 Å². The third-order valence-electron chi connectivity index (χ3n) is 5.03. The van der Waals surface area contributed by atoms with Crippen LogP contribution in [0.2, 0.25) is 0 Å². The number of aryl methyl sites for hydroxylation is 1. The quantitative estimate of drug-likeness (QED) is 0.689. The number of hydrogen-bond donors (Lipinski definition) is 0. The summed E-state index contributed by atoms with van der Waals surface area (Å²) >= 11 is 0. The first-order chi connectivity index (χ1) is 10.2. The van der Waals surface area contributed by atoms with E-state index in [0.29, 0.717) is 5.78 Å². The minimum atomic E-state index is -0.290. The van der Waals surface area contributed by atoms with Gasteiger partial charge >= 0.3 is 0 Å². The molecule has 1 aliphatic rings. The Morgan fingerprint density at radius 1 is 1.14 bits per heavy atom. The monoisotopic (exact) mass is 287 g/mol. The average molecular weight is 287 g/mol. The van der Waals surface area contributed by atoms with Crippen molar-refractivity contribution >= 4 is 5.78 Å². The maximum atomic E-state index is 13.2. The highest BCUT2D eigenvalue weighted by Crippen LogP contribution is 2.32. The number of hydrogen-bond acceptors (Lipinski definition) is 2. The summed E-state index contributed by atoms with van der Waals surface area (Å²) < 4.78 is 0. The molecule has 0 aromatic heterocycles. The van der Waals surface area contributed by atoms with Crippen molar-refractivity contribution in [1.29, 1.82) is 0 Å². The fourth-order valence-electron chi connectivity index (χ4n) is 3.73. The van der Waals surface area contributed by atoms with Crippen LogP contribution in [0.25, 0.3) is 0 Å². The molecule has 0 amide bonds. The van der Waals surface area contributed by atoms with Gasteiger partial charge in [0.15, 0.2) is 5.78 Å². The van der Waals surface area contributed by atoms with Gasteiger partial charge in [-0.2, -0.15) is 0 Å². The van der Waals surface area contributed by atoms with Crippen molar-refractivity contribution in [2.45, 2.75) is 64.8 Å². The zero-order valence-corrected chi connectivity index (χ0v) is 13.8. The van der Waals surface area contributed by atoms with Crippen LogP contribution < -0.4 is 0 Å².